The summed E-state index contributed by atoms with van der Waals surface area (Å²) in [5, 5.41) is 13.4. The number of aromatic hydroxyl groups is 1. The highest BCUT2D eigenvalue weighted by Gasteiger charge is 2.23. The summed E-state index contributed by atoms with van der Waals surface area (Å²) in [7, 11) is 0. The highest BCUT2D eigenvalue weighted by molar-refractivity contribution is 6.32. The lowest BCUT2D eigenvalue weighted by Gasteiger charge is -2.35. The van der Waals surface area contributed by atoms with E-state index in [0.717, 1.165) is 5.69 Å². The molecule has 2 N–H and O–H groups in total. The molecule has 0 spiro atoms. The second-order valence-electron chi connectivity index (χ2n) is 5.78. The molecule has 2 rings (SSSR count). The third kappa shape index (κ3) is 4.03. The van der Waals surface area contributed by atoms with Crippen molar-refractivity contribution in [1.82, 2.24) is 4.90 Å². The zero-order valence-corrected chi connectivity index (χ0v) is 13.2. The van der Waals surface area contributed by atoms with E-state index in [1.165, 1.54) is 38.9 Å². The van der Waals surface area contributed by atoms with Gasteiger partial charge in [-0.2, -0.15) is 0 Å². The van der Waals surface area contributed by atoms with Gasteiger partial charge in [-0.3, -0.25) is 0 Å². The van der Waals surface area contributed by atoms with Gasteiger partial charge in [0.25, 0.3) is 0 Å². The van der Waals surface area contributed by atoms with Crippen molar-refractivity contribution in [2.24, 2.45) is 5.92 Å². The van der Waals surface area contributed by atoms with Crippen LogP contribution in [0.3, 0.4) is 0 Å². The molecule has 1 atom stereocenters. The number of piperidine rings is 1. The fraction of sp³-hybridized carbons (Fsp3) is 0.625. The lowest BCUT2D eigenvalue weighted by atomic mass is 9.90. The highest BCUT2D eigenvalue weighted by Crippen LogP contribution is 2.28. The number of rotatable bonds is 5. The molecule has 0 amide bonds. The number of nitrogens with one attached hydrogen (secondary N) is 1. The van der Waals surface area contributed by atoms with E-state index in [1.54, 1.807) is 12.1 Å². The molecule has 1 aromatic rings. The van der Waals surface area contributed by atoms with Gasteiger partial charge >= 0.3 is 0 Å². The van der Waals surface area contributed by atoms with Crippen LogP contribution in [0.15, 0.2) is 18.2 Å². The van der Waals surface area contributed by atoms with E-state index in [1.807, 2.05) is 6.07 Å². The number of benzene rings is 1. The van der Waals surface area contributed by atoms with Crippen molar-refractivity contribution in [1.29, 1.82) is 0 Å². The van der Waals surface area contributed by atoms with Crippen molar-refractivity contribution in [3.63, 3.8) is 0 Å². The predicted octanol–water partition coefficient (Wildman–Crippen LogP) is 3.97. The minimum absolute atomic E-state index is 0.137. The van der Waals surface area contributed by atoms with E-state index >= 15 is 0 Å². The Balaban J connectivity index is 1.86. The van der Waals surface area contributed by atoms with Crippen LogP contribution in [-0.2, 0) is 0 Å². The van der Waals surface area contributed by atoms with Gasteiger partial charge in [0.15, 0.2) is 0 Å². The maximum Gasteiger partial charge on any atom is 0.134 e. The van der Waals surface area contributed by atoms with E-state index in [0.29, 0.717) is 17.0 Å². The van der Waals surface area contributed by atoms with E-state index in [9.17, 15) is 5.11 Å². The van der Waals surface area contributed by atoms with Crippen molar-refractivity contribution in [3.8, 4) is 5.75 Å². The first-order valence-corrected chi connectivity index (χ1v) is 7.95. The van der Waals surface area contributed by atoms with Crippen LogP contribution in [0.25, 0.3) is 0 Å². The van der Waals surface area contributed by atoms with E-state index in [2.05, 4.69) is 24.1 Å². The predicted molar refractivity (Wildman–Crippen MR) is 85.7 cm³/mol. The summed E-state index contributed by atoms with van der Waals surface area (Å²) in [6.45, 7) is 8.12. The number of anilines is 1. The Morgan fingerprint density at radius 2 is 2.10 bits per heavy atom. The molecule has 0 saturated carbocycles. The Labute approximate surface area is 126 Å². The fourth-order valence-electron chi connectivity index (χ4n) is 2.97. The van der Waals surface area contributed by atoms with Crippen LogP contribution >= 0.6 is 11.6 Å². The Morgan fingerprint density at radius 1 is 1.40 bits per heavy atom. The number of hydrogen-bond donors (Lipinski definition) is 2. The average molecular weight is 297 g/mol. The van der Waals surface area contributed by atoms with Crippen LogP contribution in [0.2, 0.25) is 5.02 Å². The summed E-state index contributed by atoms with van der Waals surface area (Å²) in [4.78, 5) is 2.56. The molecule has 4 heteroatoms. The molecule has 1 fully saturated rings. The Bertz CT molecular complexity index is 430. The molecular formula is C16H25ClN2O. The van der Waals surface area contributed by atoms with Crippen LogP contribution in [0.5, 0.6) is 5.75 Å². The van der Waals surface area contributed by atoms with Crippen LogP contribution in [0, 0.1) is 5.92 Å². The maximum atomic E-state index is 9.44. The third-order valence-electron chi connectivity index (χ3n) is 4.22. The first-order valence-electron chi connectivity index (χ1n) is 7.57. The highest BCUT2D eigenvalue weighted by atomic mass is 35.5. The second-order valence-corrected chi connectivity index (χ2v) is 6.19. The van der Waals surface area contributed by atoms with Gasteiger partial charge < -0.3 is 15.3 Å². The summed E-state index contributed by atoms with van der Waals surface area (Å²) in [6.07, 6.45) is 3.74. The summed E-state index contributed by atoms with van der Waals surface area (Å²) in [5.74, 6) is 0.841. The number of likely N-dealkylation sites (tertiary alicyclic amines) is 1. The lowest BCUT2D eigenvalue weighted by molar-refractivity contribution is 0.176. The standard InChI is InChI=1S/C16H25ClN2O/c1-3-8-19-9-6-13(7-10-19)12(2)18-14-4-5-16(20)15(17)11-14/h4-5,11-13,18,20H,3,6-10H2,1-2H3. The molecule has 20 heavy (non-hydrogen) atoms. The molecule has 1 aromatic carbocycles. The zero-order chi connectivity index (χ0) is 14.5. The third-order valence-corrected chi connectivity index (χ3v) is 4.52. The molecule has 1 aliphatic rings. The van der Waals surface area contributed by atoms with Crippen LogP contribution in [-0.4, -0.2) is 35.7 Å². The summed E-state index contributed by atoms with van der Waals surface area (Å²) >= 11 is 5.94. The van der Waals surface area contributed by atoms with Crippen LogP contribution in [0.1, 0.15) is 33.1 Å². The Hall–Kier alpha value is -0.930. The molecule has 1 saturated heterocycles. The summed E-state index contributed by atoms with van der Waals surface area (Å²) in [5.41, 5.74) is 0.983. The minimum Gasteiger partial charge on any atom is -0.506 e. The molecule has 0 bridgehead atoms. The SMILES string of the molecule is CCCN1CCC(C(C)Nc2ccc(O)c(Cl)c2)CC1. The zero-order valence-electron chi connectivity index (χ0n) is 12.4. The van der Waals surface area contributed by atoms with Gasteiger partial charge in [0.05, 0.1) is 5.02 Å². The largest absolute Gasteiger partial charge is 0.506 e. The number of phenols is 1. The molecule has 0 radical (unpaired) electrons. The first-order chi connectivity index (χ1) is 9.60. The van der Waals surface area contributed by atoms with Gasteiger partial charge in [-0.05, 0) is 69.9 Å². The van der Waals surface area contributed by atoms with Crippen molar-refractivity contribution in [2.75, 3.05) is 25.0 Å². The number of nitrogens with zero attached hydrogens (tertiary/aromatic N) is 1. The normalized spacial score (nSPS) is 18.9. The van der Waals surface area contributed by atoms with Gasteiger partial charge in [-0.15, -0.1) is 0 Å². The van der Waals surface area contributed by atoms with Crippen LogP contribution in [0.4, 0.5) is 5.69 Å². The summed E-state index contributed by atoms with van der Waals surface area (Å²) in [6, 6.07) is 5.74. The van der Waals surface area contributed by atoms with Gasteiger partial charge in [0.2, 0.25) is 0 Å². The monoisotopic (exact) mass is 296 g/mol. The van der Waals surface area contributed by atoms with E-state index in [-0.39, 0.29) is 5.75 Å². The molecular weight excluding hydrogens is 272 g/mol. The second kappa shape index (κ2) is 7.19. The van der Waals surface area contributed by atoms with E-state index in [4.69, 9.17) is 11.6 Å². The molecule has 3 nitrogen and oxygen atoms in total. The Morgan fingerprint density at radius 3 is 2.70 bits per heavy atom. The van der Waals surface area contributed by atoms with Crippen molar-refractivity contribution < 1.29 is 5.11 Å². The topological polar surface area (TPSA) is 35.5 Å². The van der Waals surface area contributed by atoms with Gasteiger partial charge in [-0.1, -0.05) is 18.5 Å². The van der Waals surface area contributed by atoms with Gasteiger partial charge in [0, 0.05) is 11.7 Å². The van der Waals surface area contributed by atoms with Gasteiger partial charge in [-0.25, -0.2) is 0 Å². The summed E-state index contributed by atoms with van der Waals surface area (Å²) < 4.78 is 0. The Kier molecular flexibility index (Phi) is 5.55. The maximum absolute atomic E-state index is 9.44. The quantitative estimate of drug-likeness (QED) is 0.807. The molecule has 0 aliphatic carbocycles. The molecule has 1 heterocycles. The van der Waals surface area contributed by atoms with Crippen molar-refractivity contribution in [2.45, 2.75) is 39.2 Å². The smallest absolute Gasteiger partial charge is 0.134 e. The van der Waals surface area contributed by atoms with Crippen LogP contribution < -0.4 is 5.32 Å². The van der Waals surface area contributed by atoms with Gasteiger partial charge in [0.1, 0.15) is 5.75 Å². The molecule has 112 valence electrons. The van der Waals surface area contributed by atoms with E-state index < -0.39 is 0 Å². The number of halogens is 1. The van der Waals surface area contributed by atoms with Crippen molar-refractivity contribution >= 4 is 17.3 Å². The first kappa shape index (κ1) is 15.5. The minimum atomic E-state index is 0.137. The molecule has 0 aromatic heterocycles. The number of hydrogen-bond acceptors (Lipinski definition) is 3. The molecule has 1 aliphatic heterocycles. The van der Waals surface area contributed by atoms with Crippen molar-refractivity contribution in [3.05, 3.63) is 23.2 Å². The average Bonchev–Trinajstić information content (AvgIpc) is 2.44. The fourth-order valence-corrected chi connectivity index (χ4v) is 3.15. The number of phenolic OH excluding ortho intramolecular Hbond substituents is 1. The lowest BCUT2D eigenvalue weighted by Crippen LogP contribution is -2.39. The molecule has 1 unspecified atom stereocenters.